The molecule has 2 unspecified atom stereocenters. The van der Waals surface area contributed by atoms with Crippen molar-refractivity contribution < 1.29 is 41.0 Å². The highest BCUT2D eigenvalue weighted by Crippen LogP contribution is 2.49. The van der Waals surface area contributed by atoms with Crippen molar-refractivity contribution in [2.45, 2.75) is 51.4 Å². The van der Waals surface area contributed by atoms with Crippen LogP contribution in [-0.2, 0) is 12.5 Å². The molecular formula is C25H22F6N2O3. The van der Waals surface area contributed by atoms with Crippen LogP contribution in [0.4, 0.5) is 26.3 Å². The SMILES string of the molecule is Cc1oc(-c2cccc(C(C)O)c2)nc1Cn1c(C)cc2cc(C(F)(F)C(O)(F)C(F)(F)F)ccc21. The first kappa shape index (κ1) is 25.8. The van der Waals surface area contributed by atoms with Crippen LogP contribution in [-0.4, -0.2) is 31.8 Å². The van der Waals surface area contributed by atoms with Crippen LogP contribution in [0.1, 0.15) is 41.3 Å². The summed E-state index contributed by atoms with van der Waals surface area (Å²) in [4.78, 5) is 4.52. The summed E-state index contributed by atoms with van der Waals surface area (Å²) in [7, 11) is 0. The molecule has 2 aromatic carbocycles. The second kappa shape index (κ2) is 8.67. The molecule has 2 aromatic heterocycles. The van der Waals surface area contributed by atoms with Crippen LogP contribution in [0.2, 0.25) is 0 Å². The molecule has 0 radical (unpaired) electrons. The summed E-state index contributed by atoms with van der Waals surface area (Å²) in [6.45, 7) is 5.15. The van der Waals surface area contributed by atoms with Gasteiger partial charge in [0.25, 0.3) is 0 Å². The largest absolute Gasteiger partial charge is 0.455 e. The zero-order valence-electron chi connectivity index (χ0n) is 19.4. The molecule has 0 bridgehead atoms. The number of aryl methyl sites for hydroxylation is 2. The van der Waals surface area contributed by atoms with Gasteiger partial charge in [0.2, 0.25) is 5.89 Å². The highest BCUT2D eigenvalue weighted by atomic mass is 19.4. The quantitative estimate of drug-likeness (QED) is 0.297. The van der Waals surface area contributed by atoms with Gasteiger partial charge >= 0.3 is 18.0 Å². The Kier molecular flexibility index (Phi) is 6.20. The van der Waals surface area contributed by atoms with Crippen LogP contribution in [0.15, 0.2) is 52.9 Å². The minimum atomic E-state index is -6.19. The first-order valence-corrected chi connectivity index (χ1v) is 10.8. The number of halogens is 6. The van der Waals surface area contributed by atoms with Crippen LogP contribution >= 0.6 is 0 Å². The van der Waals surface area contributed by atoms with Gasteiger partial charge in [-0.25, -0.2) is 4.98 Å². The molecule has 0 spiro atoms. The Morgan fingerprint density at radius 1 is 1.00 bits per heavy atom. The Labute approximate surface area is 201 Å². The number of aromatic nitrogens is 2. The molecule has 0 fully saturated rings. The van der Waals surface area contributed by atoms with Crippen LogP contribution in [0.5, 0.6) is 0 Å². The Morgan fingerprint density at radius 3 is 2.33 bits per heavy atom. The molecule has 11 heteroatoms. The topological polar surface area (TPSA) is 71.4 Å². The average molecular weight is 512 g/mol. The smallest absolute Gasteiger partial charge is 0.441 e. The van der Waals surface area contributed by atoms with Crippen molar-refractivity contribution in [3.05, 3.63) is 76.8 Å². The van der Waals surface area contributed by atoms with Gasteiger partial charge in [-0.2, -0.15) is 26.3 Å². The summed E-state index contributed by atoms with van der Waals surface area (Å²) in [6.07, 6.45) is -6.87. The number of aliphatic hydroxyl groups is 2. The van der Waals surface area contributed by atoms with E-state index in [-0.39, 0.29) is 11.9 Å². The van der Waals surface area contributed by atoms with E-state index in [1.54, 1.807) is 49.6 Å². The zero-order valence-corrected chi connectivity index (χ0v) is 19.4. The summed E-state index contributed by atoms with van der Waals surface area (Å²) in [5, 5.41) is 18.9. The van der Waals surface area contributed by atoms with Gasteiger partial charge in [0.05, 0.1) is 12.6 Å². The minimum Gasteiger partial charge on any atom is -0.441 e. The Bertz CT molecular complexity index is 1420. The van der Waals surface area contributed by atoms with Gasteiger partial charge in [0.1, 0.15) is 11.5 Å². The lowest BCUT2D eigenvalue weighted by Crippen LogP contribution is -2.53. The van der Waals surface area contributed by atoms with Gasteiger partial charge in [-0.05, 0) is 56.7 Å². The predicted molar refractivity (Wildman–Crippen MR) is 119 cm³/mol. The number of alkyl halides is 6. The maximum absolute atomic E-state index is 14.3. The fraction of sp³-hybridized carbons (Fsp3) is 0.320. The maximum atomic E-state index is 14.3. The Balaban J connectivity index is 1.69. The van der Waals surface area contributed by atoms with Gasteiger partial charge in [-0.3, -0.25) is 0 Å². The molecular weight excluding hydrogens is 490 g/mol. The van der Waals surface area contributed by atoms with Crippen molar-refractivity contribution in [2.75, 3.05) is 0 Å². The summed E-state index contributed by atoms with van der Waals surface area (Å²) >= 11 is 0. The molecule has 0 saturated heterocycles. The van der Waals surface area contributed by atoms with Crippen molar-refractivity contribution in [3.63, 3.8) is 0 Å². The van der Waals surface area contributed by atoms with Crippen molar-refractivity contribution in [2.24, 2.45) is 0 Å². The number of hydrogen-bond donors (Lipinski definition) is 2. The molecule has 2 heterocycles. The molecule has 0 saturated carbocycles. The van der Waals surface area contributed by atoms with E-state index in [1.165, 1.54) is 6.07 Å². The normalized spacial score (nSPS) is 15.3. The molecule has 0 amide bonds. The predicted octanol–water partition coefficient (Wildman–Crippen LogP) is 6.33. The number of nitrogens with zero attached hydrogens (tertiary/aromatic N) is 2. The van der Waals surface area contributed by atoms with Gasteiger partial charge in [-0.1, -0.05) is 18.2 Å². The van der Waals surface area contributed by atoms with Crippen molar-refractivity contribution in [1.82, 2.24) is 9.55 Å². The highest BCUT2D eigenvalue weighted by Gasteiger charge is 2.71. The number of fused-ring (bicyclic) bond motifs is 1. The second-order valence-corrected chi connectivity index (χ2v) is 8.66. The third-order valence-electron chi connectivity index (χ3n) is 6.08. The minimum absolute atomic E-state index is 0.133. The fourth-order valence-electron chi connectivity index (χ4n) is 3.96. The maximum Gasteiger partial charge on any atom is 0.455 e. The van der Waals surface area contributed by atoms with E-state index in [9.17, 15) is 31.4 Å². The Morgan fingerprint density at radius 2 is 1.69 bits per heavy atom. The number of hydrogen-bond acceptors (Lipinski definition) is 4. The van der Waals surface area contributed by atoms with Crippen LogP contribution in [0.25, 0.3) is 22.4 Å². The van der Waals surface area contributed by atoms with Gasteiger partial charge in [0, 0.05) is 27.7 Å². The second-order valence-electron chi connectivity index (χ2n) is 8.66. The first-order valence-electron chi connectivity index (χ1n) is 10.8. The molecule has 0 aliphatic rings. The summed E-state index contributed by atoms with van der Waals surface area (Å²) < 4.78 is 88.0. The van der Waals surface area contributed by atoms with Gasteiger partial charge in [0.15, 0.2) is 0 Å². The number of aliphatic hydroxyl groups excluding tert-OH is 1. The van der Waals surface area contributed by atoms with Crippen LogP contribution in [0, 0.1) is 13.8 Å². The summed E-state index contributed by atoms with van der Waals surface area (Å²) in [6, 6.07) is 11.0. The molecule has 2 N–H and O–H groups in total. The zero-order chi connectivity index (χ0) is 26.6. The van der Waals surface area contributed by atoms with E-state index in [4.69, 9.17) is 9.52 Å². The highest BCUT2D eigenvalue weighted by molar-refractivity contribution is 5.82. The first-order chi connectivity index (χ1) is 16.6. The number of oxazole rings is 1. The van der Waals surface area contributed by atoms with Gasteiger partial charge in [-0.15, -0.1) is 0 Å². The molecule has 0 aliphatic heterocycles. The number of rotatable bonds is 6. The van der Waals surface area contributed by atoms with E-state index >= 15 is 0 Å². The van der Waals surface area contributed by atoms with E-state index in [2.05, 4.69) is 4.98 Å². The van der Waals surface area contributed by atoms with Crippen molar-refractivity contribution in [1.29, 1.82) is 0 Å². The Hall–Kier alpha value is -3.31. The molecule has 4 aromatic rings. The van der Waals surface area contributed by atoms with Gasteiger partial charge < -0.3 is 19.2 Å². The van der Waals surface area contributed by atoms with E-state index < -0.39 is 29.6 Å². The monoisotopic (exact) mass is 512 g/mol. The van der Waals surface area contributed by atoms with E-state index in [0.29, 0.717) is 45.7 Å². The summed E-state index contributed by atoms with van der Waals surface area (Å²) in [5.74, 6) is -10.2. The van der Waals surface area contributed by atoms with Crippen molar-refractivity contribution >= 4 is 10.9 Å². The lowest BCUT2D eigenvalue weighted by atomic mass is 9.99. The average Bonchev–Trinajstić information content (AvgIpc) is 3.32. The van der Waals surface area contributed by atoms with E-state index in [0.717, 1.165) is 12.1 Å². The standard InChI is InChI=1S/C25H22F6N2O3/c1-13-9-18-11-19(23(26,27)24(28,35)25(29,30)31)7-8-21(18)33(13)12-20-15(3)36-22(32-20)17-6-4-5-16(10-17)14(2)34/h4-11,14,34-35H,12H2,1-3H3. The molecule has 4 rings (SSSR count). The fourth-order valence-corrected chi connectivity index (χ4v) is 3.96. The third-order valence-corrected chi connectivity index (χ3v) is 6.08. The number of benzene rings is 2. The molecule has 5 nitrogen and oxygen atoms in total. The van der Waals surface area contributed by atoms with Crippen LogP contribution in [0.3, 0.4) is 0 Å². The van der Waals surface area contributed by atoms with Crippen molar-refractivity contribution in [3.8, 4) is 11.5 Å². The molecule has 192 valence electrons. The molecule has 2 atom stereocenters. The lowest BCUT2D eigenvalue weighted by Gasteiger charge is -2.30. The third kappa shape index (κ3) is 4.26. The molecule has 0 aliphatic carbocycles. The molecule has 36 heavy (non-hydrogen) atoms. The van der Waals surface area contributed by atoms with Crippen LogP contribution < -0.4 is 0 Å². The van der Waals surface area contributed by atoms with E-state index in [1.807, 2.05) is 0 Å². The lowest BCUT2D eigenvalue weighted by molar-refractivity contribution is -0.390. The summed E-state index contributed by atoms with van der Waals surface area (Å²) in [5.41, 5.74) is 1.51.